The first-order chi connectivity index (χ1) is 12.5. The van der Waals surface area contributed by atoms with Crippen LogP contribution in [0.5, 0.6) is 0 Å². The van der Waals surface area contributed by atoms with Gasteiger partial charge in [-0.25, -0.2) is 0 Å². The molecule has 0 radical (unpaired) electrons. The van der Waals surface area contributed by atoms with Crippen LogP contribution in [0.3, 0.4) is 0 Å². The van der Waals surface area contributed by atoms with Crippen molar-refractivity contribution in [2.75, 3.05) is 0 Å². The van der Waals surface area contributed by atoms with Crippen molar-refractivity contribution in [2.45, 2.75) is 105 Å². The van der Waals surface area contributed by atoms with Crippen molar-refractivity contribution in [3.8, 4) is 0 Å². The van der Waals surface area contributed by atoms with Gasteiger partial charge in [-0.05, 0) is 85.4 Å². The molecule has 0 spiro atoms. The van der Waals surface area contributed by atoms with E-state index in [-0.39, 0.29) is 34.4 Å². The van der Waals surface area contributed by atoms with Crippen LogP contribution in [0.2, 0.25) is 0 Å². The molecule has 4 saturated carbocycles. The van der Waals surface area contributed by atoms with Crippen LogP contribution in [-0.4, -0.2) is 23.3 Å². The molecule has 0 bridgehead atoms. The molecule has 0 aromatic carbocycles. The van der Waals surface area contributed by atoms with E-state index in [1.165, 1.54) is 38.5 Å². The van der Waals surface area contributed by atoms with Crippen LogP contribution in [0, 0.1) is 39.4 Å². The normalized spacial score (nSPS) is 53.8. The molecule has 8 unspecified atom stereocenters. The minimum atomic E-state index is -0.156. The van der Waals surface area contributed by atoms with Crippen molar-refractivity contribution in [2.24, 2.45) is 39.4 Å². The highest BCUT2D eigenvalue weighted by molar-refractivity contribution is 5.66. The van der Waals surface area contributed by atoms with E-state index in [2.05, 4.69) is 34.6 Å². The lowest BCUT2D eigenvalue weighted by Gasteiger charge is -2.67. The maximum absolute atomic E-state index is 11.7. The lowest BCUT2D eigenvalue weighted by molar-refractivity contribution is -0.206. The largest absolute Gasteiger partial charge is 0.462 e. The van der Waals surface area contributed by atoms with E-state index < -0.39 is 0 Å². The minimum absolute atomic E-state index is 0.0234. The summed E-state index contributed by atoms with van der Waals surface area (Å²) in [5.41, 5.74) is 0.752. The fourth-order valence-electron chi connectivity index (χ4n) is 8.83. The van der Waals surface area contributed by atoms with Crippen molar-refractivity contribution in [1.82, 2.24) is 0 Å². The van der Waals surface area contributed by atoms with Crippen molar-refractivity contribution in [1.29, 1.82) is 0 Å². The van der Waals surface area contributed by atoms with E-state index in [0.717, 1.165) is 24.7 Å². The van der Waals surface area contributed by atoms with Gasteiger partial charge in [0.25, 0.3) is 0 Å². The van der Waals surface area contributed by atoms with Crippen LogP contribution >= 0.6 is 0 Å². The quantitative estimate of drug-likeness (QED) is 0.628. The Balaban J connectivity index is 1.67. The molecule has 4 aliphatic rings. The maximum Gasteiger partial charge on any atom is 0.302 e. The molecule has 0 aromatic heterocycles. The molecule has 4 aliphatic carbocycles. The van der Waals surface area contributed by atoms with Gasteiger partial charge in [0.15, 0.2) is 0 Å². The van der Waals surface area contributed by atoms with Gasteiger partial charge in [0.1, 0.15) is 6.10 Å². The Morgan fingerprint density at radius 2 is 1.52 bits per heavy atom. The minimum Gasteiger partial charge on any atom is -0.462 e. The Morgan fingerprint density at radius 1 is 0.852 bits per heavy atom. The van der Waals surface area contributed by atoms with E-state index in [1.807, 2.05) is 0 Å². The van der Waals surface area contributed by atoms with Crippen molar-refractivity contribution >= 4 is 5.97 Å². The number of carbonyl (C=O) groups is 1. The number of esters is 1. The van der Waals surface area contributed by atoms with Gasteiger partial charge in [-0.1, -0.05) is 34.6 Å². The Hall–Kier alpha value is -0.570. The topological polar surface area (TPSA) is 46.5 Å². The second-order valence-electron chi connectivity index (χ2n) is 11.7. The molecule has 27 heavy (non-hydrogen) atoms. The highest BCUT2D eigenvalue weighted by Crippen LogP contribution is 2.73. The molecule has 0 heterocycles. The third kappa shape index (κ3) is 2.45. The summed E-state index contributed by atoms with van der Waals surface area (Å²) in [6.07, 6.45) is 9.23. The zero-order valence-electron chi connectivity index (χ0n) is 18.3. The fraction of sp³-hybridized carbons (Fsp3) is 0.958. The van der Waals surface area contributed by atoms with E-state index in [1.54, 1.807) is 6.92 Å². The molecule has 4 rings (SSSR count). The molecular formula is C24H40O3. The predicted molar refractivity (Wildman–Crippen MR) is 107 cm³/mol. The highest BCUT2D eigenvalue weighted by Gasteiger charge is 2.67. The molecule has 0 saturated heterocycles. The van der Waals surface area contributed by atoms with Gasteiger partial charge in [-0.3, -0.25) is 4.79 Å². The van der Waals surface area contributed by atoms with E-state index in [0.29, 0.717) is 11.3 Å². The summed E-state index contributed by atoms with van der Waals surface area (Å²) in [5.74, 6) is 1.97. The average molecular weight is 377 g/mol. The number of ether oxygens (including phenoxy) is 1. The van der Waals surface area contributed by atoms with E-state index >= 15 is 0 Å². The third-order valence-corrected chi connectivity index (χ3v) is 10.7. The number of aliphatic hydroxyl groups is 1. The number of hydrogen-bond acceptors (Lipinski definition) is 3. The van der Waals surface area contributed by atoms with Crippen LogP contribution in [0.1, 0.15) is 92.9 Å². The molecule has 1 N–H and O–H groups in total. The molecule has 0 aliphatic heterocycles. The second kappa shape index (κ2) is 5.97. The summed E-state index contributed by atoms with van der Waals surface area (Å²) in [6, 6.07) is 0. The summed E-state index contributed by atoms with van der Waals surface area (Å²) in [7, 11) is 0. The second-order valence-corrected chi connectivity index (χ2v) is 11.7. The lowest BCUT2D eigenvalue weighted by atomic mass is 9.38. The highest BCUT2D eigenvalue weighted by atomic mass is 16.5. The maximum atomic E-state index is 11.7. The van der Waals surface area contributed by atoms with Gasteiger partial charge >= 0.3 is 5.97 Å². The molecule has 3 nitrogen and oxygen atoms in total. The zero-order chi connectivity index (χ0) is 19.8. The lowest BCUT2D eigenvalue weighted by Crippen LogP contribution is -2.62. The number of fused-ring (bicyclic) bond motifs is 5. The van der Waals surface area contributed by atoms with Crippen molar-refractivity contribution in [3.05, 3.63) is 0 Å². The number of aliphatic hydroxyl groups excluding tert-OH is 1. The third-order valence-electron chi connectivity index (χ3n) is 10.7. The van der Waals surface area contributed by atoms with Crippen LogP contribution in [0.15, 0.2) is 0 Å². The van der Waals surface area contributed by atoms with Crippen LogP contribution in [0.25, 0.3) is 0 Å². The van der Waals surface area contributed by atoms with Gasteiger partial charge < -0.3 is 9.84 Å². The van der Waals surface area contributed by atoms with Gasteiger partial charge in [0.05, 0.1) is 6.10 Å². The smallest absolute Gasteiger partial charge is 0.302 e. The Bertz CT molecular complexity index is 627. The van der Waals surface area contributed by atoms with E-state index in [9.17, 15) is 9.90 Å². The average Bonchev–Trinajstić information content (AvgIpc) is 2.83. The Morgan fingerprint density at radius 3 is 2.19 bits per heavy atom. The Kier molecular flexibility index (Phi) is 4.36. The van der Waals surface area contributed by atoms with Crippen molar-refractivity contribution < 1.29 is 14.6 Å². The molecule has 4 fully saturated rings. The standard InChI is InChI=1S/C24H40O3/c1-15(25)27-20-11-14-23(5)17-7-8-18-21(2,3)19(26)10-12-22(18,4)16(17)9-13-24(20,23)6/h16-20,26H,7-14H2,1-6H3. The zero-order valence-corrected chi connectivity index (χ0v) is 18.3. The van der Waals surface area contributed by atoms with Crippen LogP contribution < -0.4 is 0 Å². The summed E-state index contributed by atoms with van der Waals surface area (Å²) < 4.78 is 5.84. The number of rotatable bonds is 1. The molecule has 0 aromatic rings. The summed E-state index contributed by atoms with van der Waals surface area (Å²) >= 11 is 0. The Labute approximate surface area is 165 Å². The van der Waals surface area contributed by atoms with Crippen LogP contribution in [0.4, 0.5) is 0 Å². The fourth-order valence-corrected chi connectivity index (χ4v) is 8.83. The molecule has 8 atom stereocenters. The first-order valence-corrected chi connectivity index (χ1v) is 11.3. The predicted octanol–water partition coefficient (Wildman–Crippen LogP) is 5.35. The van der Waals surface area contributed by atoms with Crippen LogP contribution in [-0.2, 0) is 9.53 Å². The molecular weight excluding hydrogens is 336 g/mol. The summed E-state index contributed by atoms with van der Waals surface area (Å²) in [5, 5.41) is 10.7. The van der Waals surface area contributed by atoms with Gasteiger partial charge in [-0.15, -0.1) is 0 Å². The number of hydrogen-bond donors (Lipinski definition) is 1. The van der Waals surface area contributed by atoms with Gasteiger partial charge in [-0.2, -0.15) is 0 Å². The summed E-state index contributed by atoms with van der Waals surface area (Å²) in [4.78, 5) is 11.7. The molecule has 3 heteroatoms. The first-order valence-electron chi connectivity index (χ1n) is 11.3. The van der Waals surface area contributed by atoms with Gasteiger partial charge in [0.2, 0.25) is 0 Å². The number of carbonyl (C=O) groups excluding carboxylic acids is 1. The van der Waals surface area contributed by atoms with Crippen molar-refractivity contribution in [3.63, 3.8) is 0 Å². The monoisotopic (exact) mass is 376 g/mol. The summed E-state index contributed by atoms with van der Waals surface area (Å²) in [6.45, 7) is 13.6. The first kappa shape index (κ1) is 19.7. The van der Waals surface area contributed by atoms with Gasteiger partial charge in [0, 0.05) is 12.3 Å². The molecule has 154 valence electrons. The molecule has 0 amide bonds. The SMILES string of the molecule is CC(=O)OC1CCC2(C)C3CCC4C(C)(C)C(O)CCC4(C)C3CCC12C. The van der Waals surface area contributed by atoms with E-state index in [4.69, 9.17) is 4.74 Å².